The van der Waals surface area contributed by atoms with Gasteiger partial charge in [0.2, 0.25) is 0 Å². The summed E-state index contributed by atoms with van der Waals surface area (Å²) in [6, 6.07) is 6.62. The number of alkyl halides is 3. The molecule has 18 heavy (non-hydrogen) atoms. The number of ketones is 1. The summed E-state index contributed by atoms with van der Waals surface area (Å²) < 4.78 is 37.5. The van der Waals surface area contributed by atoms with Gasteiger partial charge in [-0.15, -0.1) is 0 Å². The fourth-order valence-electron chi connectivity index (χ4n) is 1.49. The van der Waals surface area contributed by atoms with Gasteiger partial charge in [0.15, 0.2) is 5.78 Å². The maximum absolute atomic E-state index is 12.2. The third-order valence-electron chi connectivity index (χ3n) is 2.36. The number of carbonyl (C=O) groups excluding carboxylic acids is 1. The number of hydrogen-bond acceptors (Lipinski definition) is 2. The number of hydrogen-bond donors (Lipinski definition) is 0. The average Bonchev–Trinajstić information content (AvgIpc) is 2.26. The highest BCUT2D eigenvalue weighted by molar-refractivity contribution is 9.10. The first-order chi connectivity index (χ1) is 8.31. The molecule has 0 fully saturated rings. The lowest BCUT2D eigenvalue weighted by atomic mass is 10.1. The quantitative estimate of drug-likeness (QED) is 0.773. The van der Waals surface area contributed by atoms with Crippen molar-refractivity contribution in [3.05, 3.63) is 34.3 Å². The lowest BCUT2D eigenvalue weighted by molar-refractivity contribution is -0.144. The number of benzene rings is 1. The molecule has 0 aliphatic carbocycles. The van der Waals surface area contributed by atoms with Crippen LogP contribution in [-0.2, 0) is 0 Å². The van der Waals surface area contributed by atoms with E-state index in [-0.39, 0.29) is 18.9 Å². The minimum absolute atomic E-state index is 0.180. The van der Waals surface area contributed by atoms with E-state index in [0.717, 1.165) is 9.37 Å². The zero-order valence-corrected chi connectivity index (χ0v) is 11.4. The molecule has 0 saturated heterocycles. The molecule has 2 nitrogen and oxygen atoms in total. The van der Waals surface area contributed by atoms with E-state index in [1.807, 2.05) is 0 Å². The number of Topliss-reactive ketones (excluding diaryl/α,β-unsaturated/α-hetero) is 1. The van der Waals surface area contributed by atoms with Crippen LogP contribution in [0.3, 0.4) is 0 Å². The first kappa shape index (κ1) is 15.2. The second kappa shape index (κ2) is 6.33. The predicted molar refractivity (Wildman–Crippen MR) is 66.6 cm³/mol. The summed E-state index contributed by atoms with van der Waals surface area (Å²) in [7, 11) is 0. The van der Waals surface area contributed by atoms with E-state index in [1.165, 1.54) is 0 Å². The van der Waals surface area contributed by atoms with Crippen molar-refractivity contribution in [1.29, 1.82) is 0 Å². The Labute approximate surface area is 112 Å². The van der Waals surface area contributed by atoms with Gasteiger partial charge >= 0.3 is 6.18 Å². The second-order valence-electron chi connectivity index (χ2n) is 3.85. The van der Waals surface area contributed by atoms with Crippen LogP contribution < -0.4 is 0 Å². The van der Waals surface area contributed by atoms with Crippen molar-refractivity contribution >= 4 is 21.7 Å². The average molecular weight is 324 g/mol. The molecule has 0 radical (unpaired) electrons. The van der Waals surface area contributed by atoms with Gasteiger partial charge in [-0.05, 0) is 18.7 Å². The molecule has 0 aliphatic rings. The van der Waals surface area contributed by atoms with Gasteiger partial charge in [-0.1, -0.05) is 35.0 Å². The minimum atomic E-state index is -4.28. The number of rotatable bonds is 5. The van der Waals surface area contributed by atoms with Crippen molar-refractivity contribution in [2.45, 2.75) is 13.1 Å². The van der Waals surface area contributed by atoms with E-state index in [9.17, 15) is 18.0 Å². The predicted octanol–water partition coefficient (Wildman–Crippen LogP) is 3.52. The van der Waals surface area contributed by atoms with E-state index in [0.29, 0.717) is 5.56 Å². The third-order valence-corrected chi connectivity index (χ3v) is 2.86. The van der Waals surface area contributed by atoms with Crippen LogP contribution >= 0.6 is 15.9 Å². The zero-order chi connectivity index (χ0) is 13.8. The van der Waals surface area contributed by atoms with E-state index >= 15 is 0 Å². The normalized spacial score (nSPS) is 11.9. The van der Waals surface area contributed by atoms with Crippen LogP contribution in [0.1, 0.15) is 17.3 Å². The van der Waals surface area contributed by atoms with Crippen LogP contribution in [0.4, 0.5) is 13.2 Å². The minimum Gasteiger partial charge on any atom is -0.293 e. The molecule has 0 atom stereocenters. The van der Waals surface area contributed by atoms with Crippen LogP contribution in [0.25, 0.3) is 0 Å². The van der Waals surface area contributed by atoms with Crippen LogP contribution in [-0.4, -0.2) is 36.5 Å². The molecule has 0 unspecified atom stereocenters. The van der Waals surface area contributed by atoms with Crippen molar-refractivity contribution in [3.8, 4) is 0 Å². The molecule has 100 valence electrons. The first-order valence-electron chi connectivity index (χ1n) is 5.39. The SMILES string of the molecule is CCN(CC(=O)c1cccc(Br)c1)CC(F)(F)F. The molecule has 6 heteroatoms. The summed E-state index contributed by atoms with van der Waals surface area (Å²) in [5.74, 6) is -0.317. The lowest BCUT2D eigenvalue weighted by Crippen LogP contribution is -2.37. The summed E-state index contributed by atoms with van der Waals surface area (Å²) in [6.45, 7) is 0.481. The zero-order valence-electron chi connectivity index (χ0n) is 9.80. The van der Waals surface area contributed by atoms with Crippen LogP contribution in [0, 0.1) is 0 Å². The van der Waals surface area contributed by atoms with Crippen molar-refractivity contribution in [2.75, 3.05) is 19.6 Å². The molecule has 0 spiro atoms. The number of carbonyl (C=O) groups is 1. The molecule has 0 bridgehead atoms. The van der Waals surface area contributed by atoms with Gasteiger partial charge < -0.3 is 0 Å². The van der Waals surface area contributed by atoms with Gasteiger partial charge in [-0.25, -0.2) is 0 Å². The maximum Gasteiger partial charge on any atom is 0.401 e. The highest BCUT2D eigenvalue weighted by atomic mass is 79.9. The Bertz CT molecular complexity index is 420. The fraction of sp³-hybridized carbons (Fsp3) is 0.417. The third kappa shape index (κ3) is 5.18. The van der Waals surface area contributed by atoms with Gasteiger partial charge in [-0.3, -0.25) is 9.69 Å². The summed E-state index contributed by atoms with van der Waals surface area (Å²) >= 11 is 3.22. The topological polar surface area (TPSA) is 20.3 Å². The first-order valence-corrected chi connectivity index (χ1v) is 6.19. The Morgan fingerprint density at radius 1 is 1.39 bits per heavy atom. The molecule has 0 heterocycles. The van der Waals surface area contributed by atoms with Gasteiger partial charge in [0.05, 0.1) is 13.1 Å². The Balaban J connectivity index is 2.68. The van der Waals surface area contributed by atoms with Crippen LogP contribution in [0.5, 0.6) is 0 Å². The van der Waals surface area contributed by atoms with Crippen molar-refractivity contribution < 1.29 is 18.0 Å². The smallest absolute Gasteiger partial charge is 0.293 e. The van der Waals surface area contributed by atoms with Gasteiger partial charge in [0, 0.05) is 10.0 Å². The van der Waals surface area contributed by atoms with Gasteiger partial charge in [0.1, 0.15) is 0 Å². The molecule has 1 aromatic rings. The molecular weight excluding hydrogens is 311 g/mol. The molecule has 0 saturated carbocycles. The second-order valence-corrected chi connectivity index (χ2v) is 4.77. The molecule has 0 amide bonds. The van der Waals surface area contributed by atoms with E-state index in [2.05, 4.69) is 15.9 Å². The Hall–Kier alpha value is -0.880. The molecule has 1 aromatic carbocycles. The van der Waals surface area contributed by atoms with Crippen LogP contribution in [0.15, 0.2) is 28.7 Å². The monoisotopic (exact) mass is 323 g/mol. The highest BCUT2D eigenvalue weighted by Crippen LogP contribution is 2.17. The molecule has 0 N–H and O–H groups in total. The highest BCUT2D eigenvalue weighted by Gasteiger charge is 2.30. The number of nitrogens with zero attached hydrogens (tertiary/aromatic N) is 1. The van der Waals surface area contributed by atoms with E-state index in [4.69, 9.17) is 0 Å². The van der Waals surface area contributed by atoms with Gasteiger partial charge in [0.25, 0.3) is 0 Å². The molecule has 1 rings (SSSR count). The molecular formula is C12H13BrF3NO. The number of halogens is 4. The molecule has 0 aliphatic heterocycles. The Morgan fingerprint density at radius 3 is 2.56 bits per heavy atom. The van der Waals surface area contributed by atoms with E-state index < -0.39 is 12.7 Å². The lowest BCUT2D eigenvalue weighted by Gasteiger charge is -2.21. The maximum atomic E-state index is 12.2. The summed E-state index contributed by atoms with van der Waals surface area (Å²) in [4.78, 5) is 12.9. The summed E-state index contributed by atoms with van der Waals surface area (Å²) in [5.41, 5.74) is 0.407. The number of likely N-dealkylation sites (N-methyl/N-ethyl adjacent to an activating group) is 1. The van der Waals surface area contributed by atoms with Gasteiger partial charge in [-0.2, -0.15) is 13.2 Å². The fourth-order valence-corrected chi connectivity index (χ4v) is 1.89. The van der Waals surface area contributed by atoms with E-state index in [1.54, 1.807) is 31.2 Å². The van der Waals surface area contributed by atoms with Crippen molar-refractivity contribution in [1.82, 2.24) is 4.90 Å². The Kier molecular flexibility index (Phi) is 5.34. The summed E-state index contributed by atoms with van der Waals surface area (Å²) in [5, 5.41) is 0. The Morgan fingerprint density at radius 2 is 2.06 bits per heavy atom. The molecule has 0 aromatic heterocycles. The van der Waals surface area contributed by atoms with Crippen molar-refractivity contribution in [2.24, 2.45) is 0 Å². The van der Waals surface area contributed by atoms with Crippen molar-refractivity contribution in [3.63, 3.8) is 0 Å². The van der Waals surface area contributed by atoms with Crippen LogP contribution in [0.2, 0.25) is 0 Å². The summed E-state index contributed by atoms with van der Waals surface area (Å²) in [6.07, 6.45) is -4.28. The largest absolute Gasteiger partial charge is 0.401 e. The standard InChI is InChI=1S/C12H13BrF3NO/c1-2-17(8-12(14,15)16)7-11(18)9-4-3-5-10(13)6-9/h3-6H,2,7-8H2,1H3.